The van der Waals surface area contributed by atoms with Gasteiger partial charge in [-0.15, -0.1) is 0 Å². The number of benzene rings is 2. The molecule has 0 radical (unpaired) electrons. The Balaban J connectivity index is 1.60. The fraction of sp³-hybridized carbons (Fsp3) is 0.316. The molecule has 0 aromatic heterocycles. The van der Waals surface area contributed by atoms with E-state index in [1.807, 2.05) is 36.4 Å². The van der Waals surface area contributed by atoms with Crippen molar-refractivity contribution in [1.29, 1.82) is 0 Å². The van der Waals surface area contributed by atoms with Crippen LogP contribution in [0.15, 0.2) is 48.5 Å². The molecular formula is C19H22N2O2. The number of anilines is 1. The van der Waals surface area contributed by atoms with Crippen LogP contribution in [0.25, 0.3) is 0 Å². The highest BCUT2D eigenvalue weighted by Gasteiger charge is 2.13. The molecule has 3 rings (SSSR count). The van der Waals surface area contributed by atoms with Crippen LogP contribution in [0.3, 0.4) is 0 Å². The van der Waals surface area contributed by atoms with E-state index in [4.69, 9.17) is 4.74 Å². The van der Waals surface area contributed by atoms with E-state index < -0.39 is 6.09 Å². The van der Waals surface area contributed by atoms with Crippen molar-refractivity contribution in [3.63, 3.8) is 0 Å². The van der Waals surface area contributed by atoms with Crippen molar-refractivity contribution in [2.45, 2.75) is 26.0 Å². The molecule has 1 aliphatic heterocycles. The summed E-state index contributed by atoms with van der Waals surface area (Å²) in [4.78, 5) is 14.3. The van der Waals surface area contributed by atoms with E-state index in [0.717, 1.165) is 30.8 Å². The molecule has 1 aliphatic rings. The first-order chi connectivity index (χ1) is 11.2. The fourth-order valence-corrected chi connectivity index (χ4v) is 2.88. The van der Waals surface area contributed by atoms with Crippen LogP contribution < -0.4 is 5.32 Å². The van der Waals surface area contributed by atoms with Crippen molar-refractivity contribution in [3.05, 3.63) is 65.2 Å². The number of nitrogens with one attached hydrogen (secondary N) is 1. The summed E-state index contributed by atoms with van der Waals surface area (Å²) in [5, 5.41) is 2.82. The molecule has 4 nitrogen and oxygen atoms in total. The standard InChI is InChI=1S/C19H22N2O2/c1-21-11-5-8-16-9-10-18(12-17(16)13-21)20-19(22)23-14-15-6-3-2-4-7-15/h2-4,6-7,9-10,12H,5,8,11,13-14H2,1H3,(H,20,22). The molecule has 2 aromatic carbocycles. The molecule has 2 aromatic rings. The molecule has 0 saturated heterocycles. The minimum Gasteiger partial charge on any atom is -0.444 e. The minimum atomic E-state index is -0.421. The van der Waals surface area contributed by atoms with Crippen LogP contribution in [0.5, 0.6) is 0 Å². The van der Waals surface area contributed by atoms with Gasteiger partial charge in [-0.2, -0.15) is 0 Å². The summed E-state index contributed by atoms with van der Waals surface area (Å²) < 4.78 is 5.26. The molecule has 1 heterocycles. The smallest absolute Gasteiger partial charge is 0.411 e. The van der Waals surface area contributed by atoms with Gasteiger partial charge in [-0.05, 0) is 55.3 Å². The maximum atomic E-state index is 11.9. The second-order valence-corrected chi connectivity index (χ2v) is 6.01. The summed E-state index contributed by atoms with van der Waals surface area (Å²) in [5.74, 6) is 0. The topological polar surface area (TPSA) is 41.6 Å². The van der Waals surface area contributed by atoms with Crippen molar-refractivity contribution < 1.29 is 9.53 Å². The van der Waals surface area contributed by atoms with Gasteiger partial charge in [-0.3, -0.25) is 5.32 Å². The van der Waals surface area contributed by atoms with Crippen LogP contribution in [0.4, 0.5) is 10.5 Å². The molecule has 0 unspecified atom stereocenters. The number of hydrogen-bond donors (Lipinski definition) is 1. The Bertz CT molecular complexity index is 670. The van der Waals surface area contributed by atoms with Crippen molar-refractivity contribution in [2.24, 2.45) is 0 Å². The number of carbonyl (C=O) groups excluding carboxylic acids is 1. The molecule has 0 spiro atoms. The Kier molecular flexibility index (Phi) is 4.93. The normalized spacial score (nSPS) is 14.7. The molecule has 0 aliphatic carbocycles. The molecule has 0 bridgehead atoms. The summed E-state index contributed by atoms with van der Waals surface area (Å²) in [6, 6.07) is 15.8. The predicted molar refractivity (Wildman–Crippen MR) is 91.3 cm³/mol. The average molecular weight is 310 g/mol. The third-order valence-electron chi connectivity index (χ3n) is 4.09. The van der Waals surface area contributed by atoms with Crippen molar-refractivity contribution in [1.82, 2.24) is 4.90 Å². The Morgan fingerprint density at radius 1 is 1.17 bits per heavy atom. The average Bonchev–Trinajstić information content (AvgIpc) is 2.74. The first kappa shape index (κ1) is 15.6. The van der Waals surface area contributed by atoms with Gasteiger partial charge in [0.2, 0.25) is 0 Å². The molecule has 0 fully saturated rings. The van der Waals surface area contributed by atoms with E-state index in [1.165, 1.54) is 17.5 Å². The van der Waals surface area contributed by atoms with Gasteiger partial charge in [-0.25, -0.2) is 4.79 Å². The maximum absolute atomic E-state index is 11.9. The monoisotopic (exact) mass is 310 g/mol. The third-order valence-corrected chi connectivity index (χ3v) is 4.09. The summed E-state index contributed by atoms with van der Waals surface area (Å²) in [6.45, 7) is 2.31. The van der Waals surface area contributed by atoms with E-state index in [2.05, 4.69) is 29.4 Å². The number of rotatable bonds is 3. The highest BCUT2D eigenvalue weighted by Crippen LogP contribution is 2.22. The lowest BCUT2D eigenvalue weighted by atomic mass is 10.0. The largest absolute Gasteiger partial charge is 0.444 e. The Hall–Kier alpha value is -2.33. The van der Waals surface area contributed by atoms with Crippen molar-refractivity contribution in [2.75, 3.05) is 18.9 Å². The quantitative estimate of drug-likeness (QED) is 0.937. The van der Waals surface area contributed by atoms with Gasteiger partial charge < -0.3 is 9.64 Å². The highest BCUT2D eigenvalue weighted by atomic mass is 16.5. The number of fused-ring (bicyclic) bond motifs is 1. The first-order valence-corrected chi connectivity index (χ1v) is 7.99. The maximum Gasteiger partial charge on any atom is 0.411 e. The molecule has 120 valence electrons. The van der Waals surface area contributed by atoms with E-state index in [1.54, 1.807) is 0 Å². The second kappa shape index (κ2) is 7.29. The fourth-order valence-electron chi connectivity index (χ4n) is 2.88. The molecule has 1 amide bonds. The predicted octanol–water partition coefficient (Wildman–Crippen LogP) is 3.81. The van der Waals surface area contributed by atoms with E-state index >= 15 is 0 Å². The second-order valence-electron chi connectivity index (χ2n) is 6.01. The third kappa shape index (κ3) is 4.33. The van der Waals surface area contributed by atoms with Crippen LogP contribution in [0.1, 0.15) is 23.1 Å². The van der Waals surface area contributed by atoms with Crippen LogP contribution in [0.2, 0.25) is 0 Å². The van der Waals surface area contributed by atoms with Crippen molar-refractivity contribution in [3.8, 4) is 0 Å². The number of aryl methyl sites for hydroxylation is 1. The molecule has 1 N–H and O–H groups in total. The van der Waals surface area contributed by atoms with Gasteiger partial charge in [0.1, 0.15) is 6.61 Å². The number of amides is 1. The van der Waals surface area contributed by atoms with Gasteiger partial charge in [0.15, 0.2) is 0 Å². The molecular weight excluding hydrogens is 288 g/mol. The van der Waals surface area contributed by atoms with Gasteiger partial charge in [0.25, 0.3) is 0 Å². The lowest BCUT2D eigenvalue weighted by Crippen LogP contribution is -2.17. The van der Waals surface area contributed by atoms with E-state index in [9.17, 15) is 4.79 Å². The number of carbonyl (C=O) groups is 1. The van der Waals surface area contributed by atoms with E-state index in [-0.39, 0.29) is 6.61 Å². The Morgan fingerprint density at radius 2 is 2.00 bits per heavy atom. The van der Waals surface area contributed by atoms with Crippen LogP contribution >= 0.6 is 0 Å². The van der Waals surface area contributed by atoms with Gasteiger partial charge in [-0.1, -0.05) is 36.4 Å². The van der Waals surface area contributed by atoms with Gasteiger partial charge >= 0.3 is 6.09 Å². The van der Waals surface area contributed by atoms with Gasteiger partial charge in [0.05, 0.1) is 0 Å². The Morgan fingerprint density at radius 3 is 2.83 bits per heavy atom. The lowest BCUT2D eigenvalue weighted by molar-refractivity contribution is 0.155. The van der Waals surface area contributed by atoms with Crippen LogP contribution in [0, 0.1) is 0 Å². The molecule has 0 atom stereocenters. The van der Waals surface area contributed by atoms with Crippen LogP contribution in [-0.4, -0.2) is 24.6 Å². The summed E-state index contributed by atoms with van der Waals surface area (Å²) >= 11 is 0. The zero-order valence-corrected chi connectivity index (χ0v) is 13.4. The van der Waals surface area contributed by atoms with Crippen molar-refractivity contribution >= 4 is 11.8 Å². The Labute approximate surface area is 137 Å². The number of nitrogens with zero attached hydrogens (tertiary/aromatic N) is 1. The number of hydrogen-bond acceptors (Lipinski definition) is 3. The lowest BCUT2D eigenvalue weighted by Gasteiger charge is -2.14. The zero-order valence-electron chi connectivity index (χ0n) is 13.4. The first-order valence-electron chi connectivity index (χ1n) is 7.99. The van der Waals surface area contributed by atoms with Crippen LogP contribution in [-0.2, 0) is 24.3 Å². The minimum absolute atomic E-state index is 0.278. The van der Waals surface area contributed by atoms with Gasteiger partial charge in [0, 0.05) is 12.2 Å². The highest BCUT2D eigenvalue weighted by molar-refractivity contribution is 5.84. The summed E-state index contributed by atoms with van der Waals surface area (Å²) in [7, 11) is 2.13. The molecule has 23 heavy (non-hydrogen) atoms. The molecule has 0 saturated carbocycles. The van der Waals surface area contributed by atoms with E-state index in [0.29, 0.717) is 0 Å². The SMILES string of the molecule is CN1CCCc2ccc(NC(=O)OCc3ccccc3)cc2C1. The summed E-state index contributed by atoms with van der Waals surface area (Å²) in [5.41, 5.74) is 4.42. The number of ether oxygens (including phenoxy) is 1. The molecule has 4 heteroatoms. The summed E-state index contributed by atoms with van der Waals surface area (Å²) in [6.07, 6.45) is 1.85. The zero-order chi connectivity index (χ0) is 16.1.